The van der Waals surface area contributed by atoms with E-state index in [4.69, 9.17) is 14.2 Å². The first-order valence-electron chi connectivity index (χ1n) is 7.75. The number of urea groups is 1. The van der Waals surface area contributed by atoms with Crippen molar-refractivity contribution in [3.8, 4) is 17.2 Å². The largest absolute Gasteiger partial charge is 0.494 e. The predicted octanol–water partition coefficient (Wildman–Crippen LogP) is 2.00. The normalized spacial score (nSPS) is 12.4. The van der Waals surface area contributed by atoms with E-state index in [1.54, 1.807) is 0 Å². The zero-order valence-corrected chi connectivity index (χ0v) is 13.7. The third-order valence-corrected chi connectivity index (χ3v) is 3.65. The highest BCUT2D eigenvalue weighted by molar-refractivity contribution is 5.74. The Morgan fingerprint density at radius 1 is 1.24 bits per heavy atom. The number of hydrogen-bond acceptors (Lipinski definition) is 5. The van der Waals surface area contributed by atoms with Crippen LogP contribution < -0.4 is 24.8 Å². The van der Waals surface area contributed by atoms with Crippen molar-refractivity contribution in [2.45, 2.75) is 13.1 Å². The number of nitrogens with one attached hydrogen (secondary N) is 2. The molecule has 1 aliphatic heterocycles. The van der Waals surface area contributed by atoms with Gasteiger partial charge >= 0.3 is 6.03 Å². The molecule has 2 N–H and O–H groups in total. The Kier molecular flexibility index (Phi) is 5.17. The van der Waals surface area contributed by atoms with Gasteiger partial charge in [-0.05, 0) is 6.07 Å². The lowest BCUT2D eigenvalue weighted by molar-refractivity contribution is 0.169. The van der Waals surface area contributed by atoms with Gasteiger partial charge in [0.25, 0.3) is 0 Å². The maximum absolute atomic E-state index is 14.0. The van der Waals surface area contributed by atoms with Crippen LogP contribution >= 0.6 is 0 Å². The Bertz CT molecular complexity index is 770. The van der Waals surface area contributed by atoms with Crippen LogP contribution in [0.5, 0.6) is 17.2 Å². The quantitative estimate of drug-likeness (QED) is 0.865. The van der Waals surface area contributed by atoms with Crippen molar-refractivity contribution < 1.29 is 23.4 Å². The van der Waals surface area contributed by atoms with E-state index in [2.05, 4.69) is 15.6 Å². The Labute approximate surface area is 144 Å². The summed E-state index contributed by atoms with van der Waals surface area (Å²) in [5, 5.41) is 5.26. The molecular weight excluding hydrogens is 329 g/mol. The van der Waals surface area contributed by atoms with Gasteiger partial charge in [0.05, 0.1) is 19.3 Å². The highest BCUT2D eigenvalue weighted by atomic mass is 19.1. The summed E-state index contributed by atoms with van der Waals surface area (Å²) in [5.74, 6) is 0.788. The van der Waals surface area contributed by atoms with E-state index < -0.39 is 11.8 Å². The lowest BCUT2D eigenvalue weighted by atomic mass is 10.1. The SMILES string of the molecule is COc1ccnc(CNC(=O)NCc2cccc3c2OCCO3)c1F. The molecule has 0 radical (unpaired) electrons. The lowest BCUT2D eigenvalue weighted by Crippen LogP contribution is -2.35. The number of fused-ring (bicyclic) bond motifs is 1. The number of methoxy groups -OCH3 is 1. The fourth-order valence-corrected chi connectivity index (χ4v) is 2.42. The third kappa shape index (κ3) is 3.90. The van der Waals surface area contributed by atoms with Crippen molar-refractivity contribution in [2.24, 2.45) is 0 Å². The molecule has 2 amide bonds. The van der Waals surface area contributed by atoms with E-state index in [0.717, 1.165) is 5.56 Å². The molecule has 0 saturated carbocycles. The molecule has 1 aromatic carbocycles. The van der Waals surface area contributed by atoms with Gasteiger partial charge in [-0.1, -0.05) is 12.1 Å². The maximum atomic E-state index is 14.0. The van der Waals surface area contributed by atoms with E-state index in [9.17, 15) is 9.18 Å². The molecule has 0 spiro atoms. The topological polar surface area (TPSA) is 81.7 Å². The summed E-state index contributed by atoms with van der Waals surface area (Å²) in [5.41, 5.74) is 0.904. The molecule has 25 heavy (non-hydrogen) atoms. The van der Waals surface area contributed by atoms with Gasteiger partial charge in [-0.25, -0.2) is 9.18 Å². The number of nitrogens with zero attached hydrogens (tertiary/aromatic N) is 1. The van der Waals surface area contributed by atoms with Crippen molar-refractivity contribution in [1.82, 2.24) is 15.6 Å². The first-order valence-corrected chi connectivity index (χ1v) is 7.75. The van der Waals surface area contributed by atoms with Gasteiger partial charge in [0.2, 0.25) is 0 Å². The fraction of sp³-hybridized carbons (Fsp3) is 0.294. The number of ether oxygens (including phenoxy) is 3. The molecule has 0 atom stereocenters. The highest BCUT2D eigenvalue weighted by Gasteiger charge is 2.16. The maximum Gasteiger partial charge on any atom is 0.315 e. The van der Waals surface area contributed by atoms with Crippen molar-refractivity contribution in [1.29, 1.82) is 0 Å². The minimum atomic E-state index is -0.590. The third-order valence-electron chi connectivity index (χ3n) is 3.65. The molecular formula is C17H18FN3O4. The van der Waals surface area contributed by atoms with Crippen molar-refractivity contribution in [3.63, 3.8) is 0 Å². The Morgan fingerprint density at radius 2 is 2.04 bits per heavy atom. The smallest absolute Gasteiger partial charge is 0.315 e. The van der Waals surface area contributed by atoms with Crippen molar-refractivity contribution >= 4 is 6.03 Å². The first-order chi connectivity index (χ1) is 12.2. The minimum Gasteiger partial charge on any atom is -0.494 e. The standard InChI is InChI=1S/C17H18FN3O4/c1-23-13-5-6-19-12(15(13)18)10-21-17(22)20-9-11-3-2-4-14-16(11)25-8-7-24-14/h2-6H,7-10H2,1H3,(H2,20,21,22). The van der Waals surface area contributed by atoms with E-state index >= 15 is 0 Å². The molecule has 0 saturated heterocycles. The number of aromatic nitrogens is 1. The monoisotopic (exact) mass is 347 g/mol. The second-order valence-electron chi connectivity index (χ2n) is 5.25. The van der Waals surface area contributed by atoms with E-state index in [-0.39, 0.29) is 24.5 Å². The highest BCUT2D eigenvalue weighted by Crippen LogP contribution is 2.33. The molecule has 0 aliphatic carbocycles. The average Bonchev–Trinajstić information content (AvgIpc) is 2.65. The van der Waals surface area contributed by atoms with Gasteiger partial charge in [-0.2, -0.15) is 0 Å². The fourth-order valence-electron chi connectivity index (χ4n) is 2.42. The molecule has 0 fully saturated rings. The second-order valence-corrected chi connectivity index (χ2v) is 5.25. The van der Waals surface area contributed by atoms with Gasteiger partial charge in [0, 0.05) is 24.4 Å². The van der Waals surface area contributed by atoms with Crippen LogP contribution in [0.2, 0.25) is 0 Å². The first kappa shape index (κ1) is 16.8. The molecule has 1 aliphatic rings. The molecule has 3 rings (SSSR count). The van der Waals surface area contributed by atoms with Crippen molar-refractivity contribution in [2.75, 3.05) is 20.3 Å². The molecule has 0 unspecified atom stereocenters. The predicted molar refractivity (Wildman–Crippen MR) is 87.3 cm³/mol. The van der Waals surface area contributed by atoms with Crippen LogP contribution in [-0.4, -0.2) is 31.3 Å². The zero-order valence-electron chi connectivity index (χ0n) is 13.7. The molecule has 0 bridgehead atoms. The number of pyridine rings is 1. The van der Waals surface area contributed by atoms with Gasteiger partial charge in [0.1, 0.15) is 13.2 Å². The summed E-state index contributed by atoms with van der Waals surface area (Å²) >= 11 is 0. The molecule has 2 heterocycles. The van der Waals surface area contributed by atoms with Gasteiger partial charge < -0.3 is 24.8 Å². The Hall–Kier alpha value is -3.03. The molecule has 132 valence electrons. The van der Waals surface area contributed by atoms with E-state index in [0.29, 0.717) is 24.7 Å². The average molecular weight is 347 g/mol. The van der Waals surface area contributed by atoms with Crippen LogP contribution in [0.3, 0.4) is 0 Å². The van der Waals surface area contributed by atoms with Crippen LogP contribution in [0.4, 0.5) is 9.18 Å². The Morgan fingerprint density at radius 3 is 2.88 bits per heavy atom. The van der Waals surface area contributed by atoms with Gasteiger partial charge in [-0.15, -0.1) is 0 Å². The summed E-state index contributed by atoms with van der Waals surface area (Å²) in [4.78, 5) is 15.8. The summed E-state index contributed by atoms with van der Waals surface area (Å²) in [6.07, 6.45) is 1.42. The van der Waals surface area contributed by atoms with Crippen LogP contribution in [-0.2, 0) is 13.1 Å². The molecule has 7 nitrogen and oxygen atoms in total. The summed E-state index contributed by atoms with van der Waals surface area (Å²) in [7, 11) is 1.37. The van der Waals surface area contributed by atoms with Crippen LogP contribution in [0.25, 0.3) is 0 Å². The number of hydrogen-bond donors (Lipinski definition) is 2. The number of rotatable bonds is 5. The lowest BCUT2D eigenvalue weighted by Gasteiger charge is -2.21. The van der Waals surface area contributed by atoms with E-state index in [1.165, 1.54) is 19.4 Å². The number of amides is 2. The summed E-state index contributed by atoms with van der Waals surface area (Å²) in [6.45, 7) is 1.17. The van der Waals surface area contributed by atoms with Gasteiger partial charge in [-0.3, -0.25) is 4.98 Å². The summed E-state index contributed by atoms with van der Waals surface area (Å²) < 4.78 is 29.9. The van der Waals surface area contributed by atoms with Gasteiger partial charge in [0.15, 0.2) is 23.1 Å². The number of carbonyl (C=O) groups excluding carboxylic acids is 1. The Balaban J connectivity index is 1.56. The van der Waals surface area contributed by atoms with Crippen LogP contribution in [0.15, 0.2) is 30.5 Å². The summed E-state index contributed by atoms with van der Waals surface area (Å²) in [6, 6.07) is 6.46. The number of benzene rings is 1. The minimum absolute atomic E-state index is 0.0542. The van der Waals surface area contributed by atoms with E-state index in [1.807, 2.05) is 18.2 Å². The number of carbonyl (C=O) groups is 1. The van der Waals surface area contributed by atoms with Crippen LogP contribution in [0.1, 0.15) is 11.3 Å². The van der Waals surface area contributed by atoms with Crippen LogP contribution in [0, 0.1) is 5.82 Å². The van der Waals surface area contributed by atoms with Crippen molar-refractivity contribution in [3.05, 3.63) is 47.5 Å². The number of halogens is 1. The molecule has 1 aromatic heterocycles. The number of para-hydroxylation sites is 1. The second kappa shape index (κ2) is 7.69. The molecule has 2 aromatic rings. The zero-order chi connectivity index (χ0) is 17.6. The molecule has 8 heteroatoms.